The third kappa shape index (κ3) is 2.30. The Morgan fingerprint density at radius 2 is 2.00 bits per heavy atom. The van der Waals surface area contributed by atoms with Gasteiger partial charge in [-0.15, -0.1) is 0 Å². The van der Waals surface area contributed by atoms with Crippen molar-refractivity contribution in [1.82, 2.24) is 9.55 Å². The second-order valence-electron chi connectivity index (χ2n) is 5.09. The van der Waals surface area contributed by atoms with Gasteiger partial charge in [-0.05, 0) is 37.6 Å². The summed E-state index contributed by atoms with van der Waals surface area (Å²) in [7, 11) is 0. The molecule has 0 atom stereocenters. The average molecular weight is 295 g/mol. The van der Waals surface area contributed by atoms with Gasteiger partial charge >= 0.3 is 0 Å². The quantitative estimate of drug-likeness (QED) is 0.779. The fourth-order valence-electron chi connectivity index (χ4n) is 2.50. The Morgan fingerprint density at radius 3 is 2.77 bits per heavy atom. The van der Waals surface area contributed by atoms with Crippen LogP contribution in [0.5, 0.6) is 5.75 Å². The second-order valence-corrected chi connectivity index (χ2v) is 5.09. The van der Waals surface area contributed by atoms with Crippen LogP contribution in [0.2, 0.25) is 0 Å². The van der Waals surface area contributed by atoms with Gasteiger partial charge in [0.25, 0.3) is 5.91 Å². The number of fused-ring (bicyclic) bond motifs is 1. The van der Waals surface area contributed by atoms with Crippen molar-refractivity contribution in [1.29, 1.82) is 0 Å². The Balaban J connectivity index is 1.99. The van der Waals surface area contributed by atoms with Gasteiger partial charge in [0.1, 0.15) is 5.75 Å². The van der Waals surface area contributed by atoms with Gasteiger partial charge in [0, 0.05) is 6.54 Å². The number of anilines is 1. The monoisotopic (exact) mass is 295 g/mol. The Labute approximate surface area is 128 Å². The second kappa shape index (κ2) is 5.52. The first-order valence-corrected chi connectivity index (χ1v) is 7.17. The summed E-state index contributed by atoms with van der Waals surface area (Å²) in [5.74, 6) is 0.111. The summed E-state index contributed by atoms with van der Waals surface area (Å²) in [6.07, 6.45) is 0. The molecule has 0 bridgehead atoms. The molecule has 0 unspecified atom stereocenters. The minimum absolute atomic E-state index is 0.000778. The minimum Gasteiger partial charge on any atom is -0.507 e. The summed E-state index contributed by atoms with van der Waals surface area (Å²) >= 11 is 0. The van der Waals surface area contributed by atoms with Crippen molar-refractivity contribution in [2.75, 3.05) is 5.32 Å². The highest BCUT2D eigenvalue weighted by Crippen LogP contribution is 2.24. The molecule has 5 heteroatoms. The molecule has 0 fully saturated rings. The van der Waals surface area contributed by atoms with Crippen molar-refractivity contribution in [3.05, 3.63) is 53.6 Å². The topological polar surface area (TPSA) is 67.2 Å². The number of benzene rings is 2. The number of carbonyl (C=O) groups excluding carboxylic acids is 1. The smallest absolute Gasteiger partial charge is 0.261 e. The Bertz CT molecular complexity index is 852. The number of aryl methyl sites for hydroxylation is 2. The number of rotatable bonds is 3. The van der Waals surface area contributed by atoms with Gasteiger partial charge in [0.05, 0.1) is 16.6 Å². The molecule has 0 aliphatic carbocycles. The van der Waals surface area contributed by atoms with Gasteiger partial charge in [0.15, 0.2) is 0 Å². The average Bonchev–Trinajstić information content (AvgIpc) is 2.86. The number of aromatic nitrogens is 2. The lowest BCUT2D eigenvalue weighted by molar-refractivity contribution is 0.102. The lowest BCUT2D eigenvalue weighted by Crippen LogP contribution is -2.16. The number of imidazole rings is 1. The molecule has 0 spiro atoms. The summed E-state index contributed by atoms with van der Waals surface area (Å²) in [4.78, 5) is 16.9. The van der Waals surface area contributed by atoms with Crippen LogP contribution in [-0.4, -0.2) is 20.6 Å². The largest absolute Gasteiger partial charge is 0.507 e. The van der Waals surface area contributed by atoms with Gasteiger partial charge < -0.3 is 9.67 Å². The molecule has 0 aliphatic rings. The van der Waals surface area contributed by atoms with E-state index < -0.39 is 0 Å². The maximum Gasteiger partial charge on any atom is 0.261 e. The van der Waals surface area contributed by atoms with E-state index in [2.05, 4.69) is 10.3 Å². The van der Waals surface area contributed by atoms with Crippen LogP contribution < -0.4 is 5.32 Å². The predicted molar refractivity (Wildman–Crippen MR) is 86.2 cm³/mol. The number of nitrogens with zero attached hydrogens (tertiary/aromatic N) is 2. The van der Waals surface area contributed by atoms with Crippen molar-refractivity contribution < 1.29 is 9.90 Å². The van der Waals surface area contributed by atoms with Crippen LogP contribution in [0.15, 0.2) is 42.5 Å². The fraction of sp³-hybridized carbons (Fsp3) is 0.176. The van der Waals surface area contributed by atoms with Crippen molar-refractivity contribution in [2.24, 2.45) is 0 Å². The summed E-state index contributed by atoms with van der Waals surface area (Å²) in [5, 5.41) is 12.8. The molecule has 1 amide bonds. The highest BCUT2D eigenvalue weighted by atomic mass is 16.3. The van der Waals surface area contributed by atoms with E-state index in [-0.39, 0.29) is 17.2 Å². The molecule has 5 nitrogen and oxygen atoms in total. The minimum atomic E-state index is -0.369. The van der Waals surface area contributed by atoms with Gasteiger partial charge in [-0.2, -0.15) is 0 Å². The zero-order valence-corrected chi connectivity index (χ0v) is 12.5. The highest BCUT2D eigenvalue weighted by molar-refractivity contribution is 6.06. The Kier molecular flexibility index (Phi) is 3.55. The van der Waals surface area contributed by atoms with E-state index >= 15 is 0 Å². The summed E-state index contributed by atoms with van der Waals surface area (Å²) in [5.41, 5.74) is 2.70. The number of nitrogens with one attached hydrogen (secondary N) is 1. The number of phenolic OH excluding ortho intramolecular Hbond substituents is 1. The van der Waals surface area contributed by atoms with E-state index in [1.165, 1.54) is 0 Å². The first kappa shape index (κ1) is 14.1. The van der Waals surface area contributed by atoms with Gasteiger partial charge in [0.2, 0.25) is 5.95 Å². The van der Waals surface area contributed by atoms with Gasteiger partial charge in [-0.3, -0.25) is 10.1 Å². The molecular formula is C17H17N3O2. The third-order valence-electron chi connectivity index (χ3n) is 3.68. The van der Waals surface area contributed by atoms with E-state index in [9.17, 15) is 9.90 Å². The summed E-state index contributed by atoms with van der Waals surface area (Å²) in [6.45, 7) is 4.44. The Hall–Kier alpha value is -2.82. The van der Waals surface area contributed by atoms with E-state index in [0.717, 1.165) is 11.0 Å². The molecule has 0 aliphatic heterocycles. The van der Waals surface area contributed by atoms with Crippen LogP contribution in [0, 0.1) is 6.92 Å². The molecular weight excluding hydrogens is 278 g/mol. The molecule has 2 aromatic carbocycles. The standard InChI is InChI=1S/C17H17N3O2/c1-3-20-14-10-5-4-9-13(14)18-17(20)19-16(22)12-8-6-7-11(2)15(12)21/h4-10,21H,3H2,1-2H3,(H,18,19,22). The number of hydrogen-bond acceptors (Lipinski definition) is 3. The van der Waals surface area contributed by atoms with Crippen LogP contribution >= 0.6 is 0 Å². The molecule has 0 saturated carbocycles. The summed E-state index contributed by atoms with van der Waals surface area (Å²) < 4.78 is 1.93. The molecule has 22 heavy (non-hydrogen) atoms. The first-order valence-electron chi connectivity index (χ1n) is 7.17. The molecule has 1 heterocycles. The van der Waals surface area contributed by atoms with E-state index in [0.29, 0.717) is 18.1 Å². The van der Waals surface area contributed by atoms with Crippen molar-refractivity contribution >= 4 is 22.9 Å². The number of carbonyl (C=O) groups is 1. The normalized spacial score (nSPS) is 10.8. The molecule has 1 aromatic heterocycles. The number of phenols is 1. The molecule has 3 rings (SSSR count). The van der Waals surface area contributed by atoms with Crippen molar-refractivity contribution in [2.45, 2.75) is 20.4 Å². The van der Waals surface area contributed by atoms with Crippen LogP contribution in [0.4, 0.5) is 5.95 Å². The predicted octanol–water partition coefficient (Wildman–Crippen LogP) is 3.32. The Morgan fingerprint density at radius 1 is 1.23 bits per heavy atom. The maximum absolute atomic E-state index is 12.4. The molecule has 0 radical (unpaired) electrons. The van der Waals surface area contributed by atoms with Crippen molar-refractivity contribution in [3.8, 4) is 5.75 Å². The van der Waals surface area contributed by atoms with E-state index in [4.69, 9.17) is 0 Å². The molecule has 2 N–H and O–H groups in total. The third-order valence-corrected chi connectivity index (χ3v) is 3.68. The highest BCUT2D eigenvalue weighted by Gasteiger charge is 2.16. The van der Waals surface area contributed by atoms with E-state index in [1.807, 2.05) is 35.8 Å². The van der Waals surface area contributed by atoms with E-state index in [1.54, 1.807) is 25.1 Å². The van der Waals surface area contributed by atoms with Crippen LogP contribution in [-0.2, 0) is 6.54 Å². The van der Waals surface area contributed by atoms with Gasteiger partial charge in [-0.25, -0.2) is 4.98 Å². The zero-order valence-electron chi connectivity index (χ0n) is 12.5. The molecule has 112 valence electrons. The first-order chi connectivity index (χ1) is 10.6. The lowest BCUT2D eigenvalue weighted by atomic mass is 10.1. The molecule has 0 saturated heterocycles. The molecule has 3 aromatic rings. The number of para-hydroxylation sites is 3. The van der Waals surface area contributed by atoms with Gasteiger partial charge in [-0.1, -0.05) is 24.3 Å². The lowest BCUT2D eigenvalue weighted by Gasteiger charge is -2.09. The zero-order chi connectivity index (χ0) is 15.7. The van der Waals surface area contributed by atoms with Crippen LogP contribution in [0.25, 0.3) is 11.0 Å². The van der Waals surface area contributed by atoms with Crippen LogP contribution in [0.3, 0.4) is 0 Å². The SMILES string of the molecule is CCn1c(NC(=O)c2cccc(C)c2O)nc2ccccc21. The number of amides is 1. The number of aromatic hydroxyl groups is 1. The van der Waals surface area contributed by atoms with Crippen molar-refractivity contribution in [3.63, 3.8) is 0 Å². The number of hydrogen-bond donors (Lipinski definition) is 2. The van der Waals surface area contributed by atoms with Crippen LogP contribution in [0.1, 0.15) is 22.8 Å². The summed E-state index contributed by atoms with van der Waals surface area (Å²) in [6, 6.07) is 12.8. The maximum atomic E-state index is 12.4. The fourth-order valence-corrected chi connectivity index (χ4v) is 2.50.